The van der Waals surface area contributed by atoms with E-state index in [4.69, 9.17) is 16.3 Å². The zero-order valence-electron chi connectivity index (χ0n) is 16.9. The lowest BCUT2D eigenvalue weighted by atomic mass is 9.94. The van der Waals surface area contributed by atoms with Crippen LogP contribution in [0, 0.1) is 0 Å². The third kappa shape index (κ3) is 4.47. The van der Waals surface area contributed by atoms with Crippen LogP contribution >= 0.6 is 11.6 Å². The number of carbonyl (C=O) groups is 3. The summed E-state index contributed by atoms with van der Waals surface area (Å²) in [7, 11) is 1.83. The van der Waals surface area contributed by atoms with Crippen LogP contribution < -0.4 is 4.90 Å². The molecule has 0 atom stereocenters. The van der Waals surface area contributed by atoms with Gasteiger partial charge in [-0.25, -0.2) is 9.69 Å². The lowest BCUT2D eigenvalue weighted by Gasteiger charge is -2.33. The van der Waals surface area contributed by atoms with Crippen molar-refractivity contribution in [3.05, 3.63) is 40.6 Å². The largest absolute Gasteiger partial charge is 0.462 e. The highest BCUT2D eigenvalue weighted by Gasteiger charge is 2.42. The van der Waals surface area contributed by atoms with Crippen molar-refractivity contribution in [1.82, 2.24) is 4.90 Å². The van der Waals surface area contributed by atoms with Gasteiger partial charge in [0.25, 0.3) is 11.8 Å². The van der Waals surface area contributed by atoms with Crippen LogP contribution in [0.2, 0.25) is 0 Å². The van der Waals surface area contributed by atoms with Crippen LogP contribution in [-0.2, 0) is 14.3 Å². The van der Waals surface area contributed by atoms with E-state index in [0.29, 0.717) is 17.9 Å². The number of unbranched alkanes of at least 4 members (excludes halogenated alkanes) is 1. The van der Waals surface area contributed by atoms with Gasteiger partial charge in [0.15, 0.2) is 0 Å². The molecule has 2 aliphatic rings. The van der Waals surface area contributed by atoms with Gasteiger partial charge < -0.3 is 9.64 Å². The zero-order chi connectivity index (χ0) is 21.0. The fourth-order valence-electron chi connectivity index (χ4n) is 3.82. The molecule has 0 N–H and O–H groups in total. The third-order valence-corrected chi connectivity index (χ3v) is 5.91. The van der Waals surface area contributed by atoms with Crippen LogP contribution in [0.1, 0.15) is 62.2 Å². The summed E-state index contributed by atoms with van der Waals surface area (Å²) in [4.78, 5) is 40.7. The highest BCUT2D eigenvalue weighted by molar-refractivity contribution is 6.52. The Labute approximate surface area is 176 Å². The number of rotatable bonds is 7. The lowest BCUT2D eigenvalue weighted by Crippen LogP contribution is -2.38. The first-order chi connectivity index (χ1) is 14.0. The average Bonchev–Trinajstić information content (AvgIpc) is 2.96. The van der Waals surface area contributed by atoms with Gasteiger partial charge in [0, 0.05) is 13.1 Å². The van der Waals surface area contributed by atoms with Crippen LogP contribution in [0.15, 0.2) is 35.0 Å². The van der Waals surface area contributed by atoms with Gasteiger partial charge in [-0.15, -0.1) is 0 Å². The van der Waals surface area contributed by atoms with Gasteiger partial charge in [-0.05, 0) is 43.5 Å². The SMILES string of the molecule is CCCCOC(=O)c1ccc(N2C(=O)C(Cl)=C(N(C)C3CCCCC3)C2=O)cc1. The number of likely N-dealkylation sites (N-methyl/N-ethyl adjacent to an activating group) is 1. The summed E-state index contributed by atoms with van der Waals surface area (Å²) in [5, 5.41) is -0.0499. The Kier molecular flexibility index (Phi) is 6.96. The van der Waals surface area contributed by atoms with Crippen molar-refractivity contribution in [3.63, 3.8) is 0 Å². The number of hydrogen-bond acceptors (Lipinski definition) is 5. The minimum atomic E-state index is -0.535. The molecule has 0 unspecified atom stereocenters. The molecule has 0 radical (unpaired) electrons. The number of carbonyl (C=O) groups excluding carboxylic acids is 3. The van der Waals surface area contributed by atoms with Gasteiger partial charge in [-0.1, -0.05) is 44.2 Å². The lowest BCUT2D eigenvalue weighted by molar-refractivity contribution is -0.121. The Balaban J connectivity index is 1.74. The van der Waals surface area contributed by atoms with Gasteiger partial charge in [-0.3, -0.25) is 9.59 Å². The van der Waals surface area contributed by atoms with Gasteiger partial charge in [-0.2, -0.15) is 0 Å². The van der Waals surface area contributed by atoms with Crippen molar-refractivity contribution < 1.29 is 19.1 Å². The topological polar surface area (TPSA) is 66.9 Å². The molecule has 0 aromatic heterocycles. The van der Waals surface area contributed by atoms with Gasteiger partial charge in [0.1, 0.15) is 10.7 Å². The van der Waals surface area contributed by atoms with E-state index in [1.54, 1.807) is 24.3 Å². The van der Waals surface area contributed by atoms with Crippen LogP contribution in [0.25, 0.3) is 0 Å². The van der Waals surface area contributed by atoms with E-state index in [9.17, 15) is 14.4 Å². The summed E-state index contributed by atoms with van der Waals surface area (Å²) in [6.45, 7) is 2.39. The monoisotopic (exact) mass is 418 g/mol. The van der Waals surface area contributed by atoms with Crippen LogP contribution in [0.3, 0.4) is 0 Å². The number of amides is 2. The summed E-state index contributed by atoms with van der Waals surface area (Å²) in [5.74, 6) is -1.38. The quantitative estimate of drug-likeness (QED) is 0.376. The Hall–Kier alpha value is -2.34. The van der Waals surface area contributed by atoms with Crippen LogP contribution in [0.4, 0.5) is 5.69 Å². The third-order valence-electron chi connectivity index (χ3n) is 5.57. The second-order valence-corrected chi connectivity index (χ2v) is 7.93. The molecular weight excluding hydrogens is 392 g/mol. The predicted molar refractivity (Wildman–Crippen MR) is 112 cm³/mol. The van der Waals surface area contributed by atoms with E-state index in [0.717, 1.165) is 43.4 Å². The maximum atomic E-state index is 13.0. The number of ether oxygens (including phenoxy) is 1. The zero-order valence-corrected chi connectivity index (χ0v) is 17.7. The molecule has 2 amide bonds. The van der Waals surface area contributed by atoms with Crippen LogP contribution in [0.5, 0.6) is 0 Å². The van der Waals surface area contributed by atoms with E-state index in [-0.39, 0.29) is 16.8 Å². The average molecular weight is 419 g/mol. The van der Waals surface area contributed by atoms with Gasteiger partial charge >= 0.3 is 5.97 Å². The number of imide groups is 1. The molecular formula is C22H27ClN2O4. The molecule has 1 fully saturated rings. The highest BCUT2D eigenvalue weighted by atomic mass is 35.5. The molecule has 0 bridgehead atoms. The number of hydrogen-bond donors (Lipinski definition) is 0. The molecule has 3 rings (SSSR count). The van der Waals surface area contributed by atoms with Crippen molar-refractivity contribution in [3.8, 4) is 0 Å². The number of halogens is 1. The maximum absolute atomic E-state index is 13.0. The highest BCUT2D eigenvalue weighted by Crippen LogP contribution is 2.34. The van der Waals surface area contributed by atoms with Gasteiger partial charge in [0.05, 0.1) is 17.9 Å². The number of esters is 1. The van der Waals surface area contributed by atoms with E-state index in [2.05, 4.69) is 0 Å². The first-order valence-corrected chi connectivity index (χ1v) is 10.6. The molecule has 0 spiro atoms. The normalized spacial score (nSPS) is 17.8. The van der Waals surface area contributed by atoms with Crippen molar-refractivity contribution in [2.45, 2.75) is 57.9 Å². The van der Waals surface area contributed by atoms with E-state index >= 15 is 0 Å². The predicted octanol–water partition coefficient (Wildman–Crippen LogP) is 4.23. The van der Waals surface area contributed by atoms with Crippen molar-refractivity contribution in [2.24, 2.45) is 0 Å². The van der Waals surface area contributed by atoms with Crippen LogP contribution in [-0.4, -0.2) is 42.4 Å². The second-order valence-electron chi connectivity index (χ2n) is 7.55. The van der Waals surface area contributed by atoms with E-state index < -0.39 is 17.8 Å². The Morgan fingerprint density at radius 3 is 2.41 bits per heavy atom. The molecule has 6 nitrogen and oxygen atoms in total. The van der Waals surface area contributed by atoms with Crippen molar-refractivity contribution in [1.29, 1.82) is 0 Å². The molecule has 1 aromatic rings. The van der Waals surface area contributed by atoms with E-state index in [1.807, 2.05) is 18.9 Å². The molecule has 1 aromatic carbocycles. The smallest absolute Gasteiger partial charge is 0.338 e. The van der Waals surface area contributed by atoms with E-state index in [1.165, 1.54) is 6.42 Å². The summed E-state index contributed by atoms with van der Waals surface area (Å²) in [6.07, 6.45) is 7.15. The Morgan fingerprint density at radius 1 is 1.14 bits per heavy atom. The molecule has 1 saturated carbocycles. The van der Waals surface area contributed by atoms with Gasteiger partial charge in [0.2, 0.25) is 0 Å². The fraction of sp³-hybridized carbons (Fsp3) is 0.500. The second kappa shape index (κ2) is 9.44. The summed E-state index contributed by atoms with van der Waals surface area (Å²) in [5.41, 5.74) is 1.02. The number of anilines is 1. The molecule has 1 heterocycles. The first kappa shape index (κ1) is 21.4. The Bertz CT molecular complexity index is 813. The molecule has 156 valence electrons. The van der Waals surface area contributed by atoms with Crippen molar-refractivity contribution >= 4 is 35.1 Å². The summed E-state index contributed by atoms with van der Waals surface area (Å²) >= 11 is 6.29. The number of nitrogens with zero attached hydrogens (tertiary/aromatic N) is 2. The summed E-state index contributed by atoms with van der Waals surface area (Å²) in [6, 6.07) is 6.46. The molecule has 1 aliphatic carbocycles. The fourth-order valence-corrected chi connectivity index (χ4v) is 4.12. The summed E-state index contributed by atoms with van der Waals surface area (Å²) < 4.78 is 5.19. The first-order valence-electron chi connectivity index (χ1n) is 10.2. The maximum Gasteiger partial charge on any atom is 0.338 e. The minimum Gasteiger partial charge on any atom is -0.462 e. The number of benzene rings is 1. The Morgan fingerprint density at radius 2 is 1.79 bits per heavy atom. The standard InChI is InChI=1S/C22H27ClN2O4/c1-3-4-14-29-22(28)15-10-12-17(13-11-15)25-20(26)18(23)19(21(25)27)24(2)16-8-6-5-7-9-16/h10-13,16H,3-9,14H2,1-2H3. The molecule has 29 heavy (non-hydrogen) atoms. The van der Waals surface area contributed by atoms with Crippen molar-refractivity contribution in [2.75, 3.05) is 18.6 Å². The molecule has 7 heteroatoms. The molecule has 0 saturated heterocycles. The molecule has 1 aliphatic heterocycles. The minimum absolute atomic E-state index is 0.0499.